The third kappa shape index (κ3) is 3.73. The quantitative estimate of drug-likeness (QED) is 0.688. The summed E-state index contributed by atoms with van der Waals surface area (Å²) in [7, 11) is -4.34. The summed E-state index contributed by atoms with van der Waals surface area (Å²) in [5.41, 5.74) is 0.654. The maximum absolute atomic E-state index is 14.0. The molecule has 4 rings (SSSR count). The molecule has 3 aromatic carbocycles. The van der Waals surface area contributed by atoms with Crippen LogP contribution in [0.15, 0.2) is 65.6 Å². The van der Waals surface area contributed by atoms with Gasteiger partial charge in [-0.25, -0.2) is 22.0 Å². The second-order valence-electron chi connectivity index (χ2n) is 6.90. The molecule has 1 aliphatic rings. The van der Waals surface area contributed by atoms with Crippen LogP contribution in [-0.4, -0.2) is 49.8 Å². The zero-order valence-corrected chi connectivity index (χ0v) is 16.7. The molecule has 0 unspecified atom stereocenters. The topological polar surface area (TPSA) is 69.7 Å². The van der Waals surface area contributed by atoms with Crippen molar-refractivity contribution in [3.05, 3.63) is 72.3 Å². The van der Waals surface area contributed by atoms with Crippen molar-refractivity contribution in [1.29, 1.82) is 0 Å². The molecular formula is C21H19F2N3O3S. The van der Waals surface area contributed by atoms with Gasteiger partial charge in [-0.1, -0.05) is 42.5 Å². The van der Waals surface area contributed by atoms with Crippen molar-refractivity contribution in [3.8, 4) is 0 Å². The molecule has 0 bridgehead atoms. The number of piperazine rings is 1. The summed E-state index contributed by atoms with van der Waals surface area (Å²) in [6.07, 6.45) is 0. The highest BCUT2D eigenvalue weighted by atomic mass is 32.2. The first-order valence-corrected chi connectivity index (χ1v) is 10.8. The Hall–Kier alpha value is -3.04. The summed E-state index contributed by atoms with van der Waals surface area (Å²) in [4.78, 5) is 13.2. The predicted octanol–water partition coefficient (Wildman–Crippen LogP) is 3.66. The zero-order valence-electron chi connectivity index (χ0n) is 15.9. The van der Waals surface area contributed by atoms with Gasteiger partial charge in [0.25, 0.3) is 0 Å². The van der Waals surface area contributed by atoms with Crippen molar-refractivity contribution >= 4 is 32.5 Å². The van der Waals surface area contributed by atoms with Gasteiger partial charge in [0, 0.05) is 31.6 Å². The molecule has 1 aliphatic heterocycles. The lowest BCUT2D eigenvalue weighted by Gasteiger charge is -2.34. The highest BCUT2D eigenvalue weighted by Gasteiger charge is 2.34. The Morgan fingerprint density at radius 2 is 1.43 bits per heavy atom. The first kappa shape index (κ1) is 20.2. The van der Waals surface area contributed by atoms with Crippen LogP contribution in [0.4, 0.5) is 19.3 Å². The van der Waals surface area contributed by atoms with Crippen molar-refractivity contribution in [2.75, 3.05) is 31.5 Å². The van der Waals surface area contributed by atoms with Crippen LogP contribution in [0.2, 0.25) is 0 Å². The molecule has 3 aromatic rings. The molecule has 0 spiro atoms. The number of nitrogens with one attached hydrogen (secondary N) is 1. The number of amides is 2. The summed E-state index contributed by atoms with van der Waals surface area (Å²) in [5.74, 6) is -2.27. The molecule has 1 heterocycles. The molecule has 30 heavy (non-hydrogen) atoms. The van der Waals surface area contributed by atoms with E-state index >= 15 is 0 Å². The summed E-state index contributed by atoms with van der Waals surface area (Å²) < 4.78 is 54.2. The molecule has 156 valence electrons. The van der Waals surface area contributed by atoms with Gasteiger partial charge in [-0.2, -0.15) is 4.31 Å². The smallest absolute Gasteiger partial charge is 0.321 e. The number of hydrogen-bond acceptors (Lipinski definition) is 3. The summed E-state index contributed by atoms with van der Waals surface area (Å²) in [6, 6.07) is 15.8. The van der Waals surface area contributed by atoms with Crippen LogP contribution >= 0.6 is 0 Å². The van der Waals surface area contributed by atoms with Gasteiger partial charge in [0.2, 0.25) is 10.0 Å². The number of benzene rings is 3. The molecule has 0 aliphatic carbocycles. The lowest BCUT2D eigenvalue weighted by Crippen LogP contribution is -2.51. The van der Waals surface area contributed by atoms with E-state index in [0.29, 0.717) is 5.69 Å². The molecule has 0 aromatic heterocycles. The number of halogens is 2. The van der Waals surface area contributed by atoms with Crippen molar-refractivity contribution in [2.24, 2.45) is 0 Å². The average molecular weight is 431 g/mol. The minimum atomic E-state index is -4.34. The largest absolute Gasteiger partial charge is 0.322 e. The zero-order chi connectivity index (χ0) is 21.3. The second-order valence-corrected chi connectivity index (χ2v) is 8.77. The molecular weight excluding hydrogens is 412 g/mol. The van der Waals surface area contributed by atoms with Crippen molar-refractivity contribution in [3.63, 3.8) is 0 Å². The monoisotopic (exact) mass is 431 g/mol. The van der Waals surface area contributed by atoms with Crippen LogP contribution in [0.5, 0.6) is 0 Å². The standard InChI is InChI=1S/C21H19F2N3O3S/c22-17-8-4-9-18(23)20(17)30(28,29)26-13-11-25(12-14-26)21(27)24-19-10-3-6-15-5-1-2-7-16(15)19/h1-10H,11-14H2,(H,24,27). The third-order valence-corrected chi connectivity index (χ3v) is 7.02. The molecule has 9 heteroatoms. The van der Waals surface area contributed by atoms with Gasteiger partial charge in [-0.15, -0.1) is 0 Å². The maximum Gasteiger partial charge on any atom is 0.321 e. The number of anilines is 1. The Bertz CT molecular complexity index is 1180. The summed E-state index contributed by atoms with van der Waals surface area (Å²) in [5, 5.41) is 4.73. The Kier molecular flexibility index (Phi) is 5.40. The first-order valence-electron chi connectivity index (χ1n) is 9.36. The summed E-state index contributed by atoms with van der Waals surface area (Å²) in [6.45, 7) is 0.0932. The molecule has 1 saturated heterocycles. The van der Waals surface area contributed by atoms with Crippen LogP contribution in [0.3, 0.4) is 0 Å². The minimum absolute atomic E-state index is 0.0565. The highest BCUT2D eigenvalue weighted by molar-refractivity contribution is 7.89. The van der Waals surface area contributed by atoms with E-state index in [4.69, 9.17) is 0 Å². The SMILES string of the molecule is O=C(Nc1cccc2ccccc12)N1CCN(S(=O)(=O)c2c(F)cccc2F)CC1. The lowest BCUT2D eigenvalue weighted by atomic mass is 10.1. The Labute approximate surface area is 172 Å². The van der Waals surface area contributed by atoms with E-state index in [0.717, 1.165) is 33.3 Å². The van der Waals surface area contributed by atoms with Gasteiger partial charge in [0.05, 0.1) is 5.69 Å². The number of rotatable bonds is 3. The Morgan fingerprint density at radius 3 is 2.13 bits per heavy atom. The predicted molar refractivity (Wildman–Crippen MR) is 110 cm³/mol. The van der Waals surface area contributed by atoms with E-state index in [1.165, 1.54) is 4.90 Å². The van der Waals surface area contributed by atoms with Crippen LogP contribution in [0.25, 0.3) is 10.8 Å². The molecule has 2 amide bonds. The van der Waals surface area contributed by atoms with Gasteiger partial charge in [0.1, 0.15) is 11.6 Å². The Morgan fingerprint density at radius 1 is 0.833 bits per heavy atom. The van der Waals surface area contributed by atoms with E-state index < -0.39 is 26.6 Å². The maximum atomic E-state index is 14.0. The second kappa shape index (κ2) is 8.00. The summed E-state index contributed by atoms with van der Waals surface area (Å²) >= 11 is 0. The number of urea groups is 1. The van der Waals surface area contributed by atoms with E-state index in [-0.39, 0.29) is 32.2 Å². The van der Waals surface area contributed by atoms with Gasteiger partial charge >= 0.3 is 6.03 Å². The molecule has 1 fully saturated rings. The van der Waals surface area contributed by atoms with E-state index in [9.17, 15) is 22.0 Å². The van der Waals surface area contributed by atoms with Crippen molar-refractivity contribution in [2.45, 2.75) is 4.90 Å². The van der Waals surface area contributed by atoms with E-state index in [1.807, 2.05) is 36.4 Å². The fourth-order valence-electron chi connectivity index (χ4n) is 3.52. The molecule has 6 nitrogen and oxygen atoms in total. The molecule has 0 radical (unpaired) electrons. The van der Waals surface area contributed by atoms with E-state index in [1.54, 1.807) is 6.07 Å². The van der Waals surface area contributed by atoms with Crippen molar-refractivity contribution < 1.29 is 22.0 Å². The highest BCUT2D eigenvalue weighted by Crippen LogP contribution is 2.25. The van der Waals surface area contributed by atoms with Gasteiger partial charge in [-0.05, 0) is 23.6 Å². The van der Waals surface area contributed by atoms with E-state index in [2.05, 4.69) is 5.32 Å². The van der Waals surface area contributed by atoms with Gasteiger partial charge < -0.3 is 10.2 Å². The molecule has 1 N–H and O–H groups in total. The Balaban J connectivity index is 1.46. The van der Waals surface area contributed by atoms with Crippen LogP contribution in [-0.2, 0) is 10.0 Å². The fraction of sp³-hybridized carbons (Fsp3) is 0.190. The van der Waals surface area contributed by atoms with Crippen molar-refractivity contribution in [1.82, 2.24) is 9.21 Å². The molecule has 0 saturated carbocycles. The normalized spacial score (nSPS) is 15.3. The fourth-order valence-corrected chi connectivity index (χ4v) is 5.05. The number of carbonyl (C=O) groups excluding carboxylic acids is 1. The lowest BCUT2D eigenvalue weighted by molar-refractivity contribution is 0.184. The average Bonchev–Trinajstić information content (AvgIpc) is 2.74. The van der Waals surface area contributed by atoms with Gasteiger partial charge in [-0.3, -0.25) is 0 Å². The molecule has 0 atom stereocenters. The van der Waals surface area contributed by atoms with Gasteiger partial charge in [0.15, 0.2) is 4.90 Å². The number of carbonyl (C=O) groups is 1. The van der Waals surface area contributed by atoms with Crippen LogP contribution in [0.1, 0.15) is 0 Å². The third-order valence-electron chi connectivity index (χ3n) is 5.07. The number of sulfonamides is 1. The first-order chi connectivity index (χ1) is 14.4. The number of nitrogens with zero attached hydrogens (tertiary/aromatic N) is 2. The number of hydrogen-bond donors (Lipinski definition) is 1. The number of fused-ring (bicyclic) bond motifs is 1. The van der Waals surface area contributed by atoms with Crippen LogP contribution < -0.4 is 5.32 Å². The van der Waals surface area contributed by atoms with Crippen LogP contribution in [0, 0.1) is 11.6 Å². The minimum Gasteiger partial charge on any atom is -0.322 e.